The number of para-hydroxylation sites is 1. The number of anilines is 1. The molecule has 1 atom stereocenters. The summed E-state index contributed by atoms with van der Waals surface area (Å²) in [7, 11) is 1.76. The van der Waals surface area contributed by atoms with Crippen LogP contribution in [0.5, 0.6) is 0 Å². The van der Waals surface area contributed by atoms with Crippen LogP contribution in [0.4, 0.5) is 5.82 Å². The zero-order chi connectivity index (χ0) is 27.8. The molecule has 1 aliphatic rings. The third-order valence-corrected chi connectivity index (χ3v) is 6.42. The predicted molar refractivity (Wildman–Crippen MR) is 162 cm³/mol. The van der Waals surface area contributed by atoms with Gasteiger partial charge in [-0.1, -0.05) is 42.2 Å². The molecule has 3 aromatic rings. The fourth-order valence-electron chi connectivity index (χ4n) is 4.51. The van der Waals surface area contributed by atoms with Gasteiger partial charge in [0.15, 0.2) is 0 Å². The molecule has 0 saturated heterocycles. The van der Waals surface area contributed by atoms with Gasteiger partial charge in [-0.05, 0) is 60.7 Å². The second kappa shape index (κ2) is 16.3. The van der Waals surface area contributed by atoms with Gasteiger partial charge in [-0.15, -0.1) is 6.58 Å². The second-order valence-electron chi connectivity index (χ2n) is 9.43. The number of ether oxygens (including phenoxy) is 3. The first-order valence-corrected chi connectivity index (χ1v) is 13.8. The standard InChI is InChI=1S/C33H38N4O3/c1-3-4-17-38-19-21-40-22-20-39-18-9-10-26-14-15-27-24-29(25-28(27)23-26)35-33-30-11-5-6-12-31(30)36-32(37-33)13-7-8-16-34-2/h3,5-8,11-12,14-16,23,29H,1,4,13,17-22,24-25H2,2H3,(H,35,36,37)/b8-7-,34-16?. The van der Waals surface area contributed by atoms with Gasteiger partial charge in [-0.3, -0.25) is 4.99 Å². The highest BCUT2D eigenvalue weighted by Gasteiger charge is 2.22. The fraction of sp³-hybridized carbons (Fsp3) is 0.364. The molecule has 0 fully saturated rings. The lowest BCUT2D eigenvalue weighted by Crippen LogP contribution is -2.21. The average molecular weight is 539 g/mol. The molecule has 0 saturated carbocycles. The summed E-state index contributed by atoms with van der Waals surface area (Å²) in [6.45, 7) is 6.94. The van der Waals surface area contributed by atoms with E-state index in [1.54, 1.807) is 13.3 Å². The lowest BCUT2D eigenvalue weighted by Gasteiger charge is -2.15. The van der Waals surface area contributed by atoms with Crippen LogP contribution in [-0.4, -0.2) is 68.9 Å². The average Bonchev–Trinajstić information content (AvgIpc) is 3.37. The normalized spacial score (nSPS) is 14.5. The molecule has 0 radical (unpaired) electrons. The van der Waals surface area contributed by atoms with E-state index in [1.165, 1.54) is 11.1 Å². The Morgan fingerprint density at radius 2 is 1.80 bits per heavy atom. The molecule has 2 aromatic carbocycles. The molecule has 0 aliphatic heterocycles. The molecule has 7 nitrogen and oxygen atoms in total. The van der Waals surface area contributed by atoms with E-state index in [0.717, 1.165) is 47.4 Å². The molecular weight excluding hydrogens is 500 g/mol. The van der Waals surface area contributed by atoms with Crippen molar-refractivity contribution >= 4 is 22.9 Å². The van der Waals surface area contributed by atoms with E-state index < -0.39 is 0 Å². The second-order valence-corrected chi connectivity index (χ2v) is 9.43. The summed E-state index contributed by atoms with van der Waals surface area (Å²) in [5, 5.41) is 4.74. The summed E-state index contributed by atoms with van der Waals surface area (Å²) in [5.74, 6) is 8.02. The van der Waals surface area contributed by atoms with E-state index >= 15 is 0 Å². The van der Waals surface area contributed by atoms with Crippen molar-refractivity contribution in [3.8, 4) is 11.8 Å². The predicted octanol–water partition coefficient (Wildman–Crippen LogP) is 4.99. The molecule has 1 heterocycles. The summed E-state index contributed by atoms with van der Waals surface area (Å²) in [6.07, 6.45) is 10.9. The van der Waals surface area contributed by atoms with Crippen LogP contribution in [-0.2, 0) is 33.5 Å². The molecule has 1 N–H and O–H groups in total. The Labute approximate surface area is 237 Å². The highest BCUT2D eigenvalue weighted by atomic mass is 16.5. The molecular formula is C33H38N4O3. The number of nitrogens with zero attached hydrogens (tertiary/aromatic N) is 3. The first kappa shape index (κ1) is 29.2. The van der Waals surface area contributed by atoms with Gasteiger partial charge in [0.1, 0.15) is 18.2 Å². The first-order valence-electron chi connectivity index (χ1n) is 13.8. The number of rotatable bonds is 15. The first-order chi connectivity index (χ1) is 19.8. The summed E-state index contributed by atoms with van der Waals surface area (Å²) >= 11 is 0. The highest BCUT2D eigenvalue weighted by Crippen LogP contribution is 2.28. The zero-order valence-corrected chi connectivity index (χ0v) is 23.3. The van der Waals surface area contributed by atoms with Gasteiger partial charge in [-0.2, -0.15) is 0 Å². The maximum atomic E-state index is 5.57. The van der Waals surface area contributed by atoms with Crippen molar-refractivity contribution in [2.45, 2.75) is 31.7 Å². The maximum Gasteiger partial charge on any atom is 0.137 e. The van der Waals surface area contributed by atoms with Gasteiger partial charge in [0, 0.05) is 36.7 Å². The molecule has 1 unspecified atom stereocenters. The highest BCUT2D eigenvalue weighted by molar-refractivity contribution is 5.89. The third kappa shape index (κ3) is 9.13. The Morgan fingerprint density at radius 3 is 2.65 bits per heavy atom. The van der Waals surface area contributed by atoms with Crippen molar-refractivity contribution < 1.29 is 14.2 Å². The van der Waals surface area contributed by atoms with Crippen molar-refractivity contribution in [3.05, 3.63) is 89.8 Å². The Bertz CT molecular complexity index is 1370. The molecule has 0 spiro atoms. The van der Waals surface area contributed by atoms with E-state index in [0.29, 0.717) is 46.1 Å². The smallest absolute Gasteiger partial charge is 0.137 e. The lowest BCUT2D eigenvalue weighted by molar-refractivity contribution is 0.0212. The number of hydrogen-bond donors (Lipinski definition) is 1. The Hall–Kier alpha value is -3.83. The van der Waals surface area contributed by atoms with Crippen LogP contribution in [0.25, 0.3) is 10.9 Å². The lowest BCUT2D eigenvalue weighted by atomic mass is 10.1. The van der Waals surface area contributed by atoms with Gasteiger partial charge in [0.25, 0.3) is 0 Å². The van der Waals surface area contributed by atoms with Crippen molar-refractivity contribution in [2.24, 2.45) is 4.99 Å². The maximum absolute atomic E-state index is 5.57. The van der Waals surface area contributed by atoms with Gasteiger partial charge in [-0.25, -0.2) is 9.97 Å². The summed E-state index contributed by atoms with van der Waals surface area (Å²) in [6, 6.07) is 14.9. The number of aromatic nitrogens is 2. The number of nitrogens with one attached hydrogen (secondary N) is 1. The summed E-state index contributed by atoms with van der Waals surface area (Å²) < 4.78 is 16.5. The van der Waals surface area contributed by atoms with Gasteiger partial charge >= 0.3 is 0 Å². The van der Waals surface area contributed by atoms with Crippen molar-refractivity contribution in [1.29, 1.82) is 0 Å². The van der Waals surface area contributed by atoms with Crippen LogP contribution < -0.4 is 5.32 Å². The number of benzene rings is 2. The SMILES string of the molecule is C=CCCOCCOCCOCC#Cc1ccc2c(c1)CC(Nc1nc(C/C=C\C=NC)nc3ccccc13)C2. The van der Waals surface area contributed by atoms with Crippen molar-refractivity contribution in [2.75, 3.05) is 52.0 Å². The topological polar surface area (TPSA) is 77.9 Å². The molecule has 7 heteroatoms. The van der Waals surface area contributed by atoms with E-state index in [1.807, 2.05) is 36.4 Å². The molecule has 4 rings (SSSR count). The van der Waals surface area contributed by atoms with Crippen LogP contribution >= 0.6 is 0 Å². The molecule has 1 aromatic heterocycles. The Balaban J connectivity index is 1.26. The van der Waals surface area contributed by atoms with Crippen molar-refractivity contribution in [1.82, 2.24) is 9.97 Å². The van der Waals surface area contributed by atoms with Crippen LogP contribution in [0.15, 0.2) is 72.3 Å². The van der Waals surface area contributed by atoms with E-state index in [4.69, 9.17) is 24.2 Å². The largest absolute Gasteiger partial charge is 0.379 e. The minimum absolute atomic E-state index is 0.267. The summed E-state index contributed by atoms with van der Waals surface area (Å²) in [5.41, 5.74) is 4.63. The molecule has 0 amide bonds. The van der Waals surface area contributed by atoms with E-state index in [9.17, 15) is 0 Å². The van der Waals surface area contributed by atoms with Crippen molar-refractivity contribution in [3.63, 3.8) is 0 Å². The number of allylic oxidation sites excluding steroid dienone is 2. The number of aliphatic imine (C=N–C) groups is 1. The molecule has 1 aliphatic carbocycles. The summed E-state index contributed by atoms with van der Waals surface area (Å²) in [4.78, 5) is 13.6. The fourth-order valence-corrected chi connectivity index (χ4v) is 4.51. The third-order valence-electron chi connectivity index (χ3n) is 6.42. The van der Waals surface area contributed by atoms with Gasteiger partial charge in [0.2, 0.25) is 0 Å². The minimum atomic E-state index is 0.267. The van der Waals surface area contributed by atoms with Gasteiger partial charge in [0.05, 0.1) is 38.6 Å². The zero-order valence-electron chi connectivity index (χ0n) is 23.3. The Morgan fingerprint density at radius 1 is 1.00 bits per heavy atom. The molecule has 208 valence electrons. The van der Waals surface area contributed by atoms with Gasteiger partial charge < -0.3 is 19.5 Å². The van der Waals surface area contributed by atoms with E-state index in [2.05, 4.69) is 53.0 Å². The van der Waals surface area contributed by atoms with Crippen LogP contribution in [0.3, 0.4) is 0 Å². The monoisotopic (exact) mass is 538 g/mol. The van der Waals surface area contributed by atoms with Crippen LogP contribution in [0, 0.1) is 11.8 Å². The Kier molecular flexibility index (Phi) is 11.9. The number of hydrogen-bond acceptors (Lipinski definition) is 7. The number of fused-ring (bicyclic) bond motifs is 2. The molecule has 40 heavy (non-hydrogen) atoms. The minimum Gasteiger partial charge on any atom is -0.379 e. The van der Waals surface area contributed by atoms with Crippen LogP contribution in [0.2, 0.25) is 0 Å². The molecule has 0 bridgehead atoms. The van der Waals surface area contributed by atoms with E-state index in [-0.39, 0.29) is 6.04 Å². The van der Waals surface area contributed by atoms with Crippen LogP contribution in [0.1, 0.15) is 28.9 Å². The quantitative estimate of drug-likeness (QED) is 0.127.